The summed E-state index contributed by atoms with van der Waals surface area (Å²) in [6.07, 6.45) is 4.45. The predicted molar refractivity (Wildman–Crippen MR) is 135 cm³/mol. The number of rotatable bonds is 9. The van der Waals surface area contributed by atoms with Crippen molar-refractivity contribution in [2.45, 2.75) is 30.4 Å². The molecule has 0 aromatic heterocycles. The van der Waals surface area contributed by atoms with Crippen LogP contribution in [0.4, 0.5) is 18.9 Å². The van der Waals surface area contributed by atoms with E-state index in [1.165, 1.54) is 32.4 Å². The number of hydrogen-bond acceptors (Lipinski definition) is 6. The first-order chi connectivity index (χ1) is 17.1. The van der Waals surface area contributed by atoms with Gasteiger partial charge in [-0.2, -0.15) is 0 Å². The molecule has 1 heterocycles. The van der Waals surface area contributed by atoms with Crippen molar-refractivity contribution in [2.24, 2.45) is 4.99 Å². The summed E-state index contributed by atoms with van der Waals surface area (Å²) in [5.41, 5.74) is -0.209. The van der Waals surface area contributed by atoms with Gasteiger partial charge >= 0.3 is 0 Å². The summed E-state index contributed by atoms with van der Waals surface area (Å²) in [5.74, 6) is -3.07. The smallest absolute Gasteiger partial charge is 0.269 e. The Hall–Kier alpha value is -2.41. The number of anilines is 1. The van der Waals surface area contributed by atoms with Crippen LogP contribution in [0.2, 0.25) is 0 Å². The second-order valence-corrected chi connectivity index (χ2v) is 10.7. The van der Waals surface area contributed by atoms with Gasteiger partial charge < -0.3 is 14.4 Å². The van der Waals surface area contributed by atoms with E-state index in [4.69, 9.17) is 9.47 Å². The van der Waals surface area contributed by atoms with E-state index < -0.39 is 44.8 Å². The molecule has 0 bridgehead atoms. The van der Waals surface area contributed by atoms with Gasteiger partial charge in [-0.15, -0.1) is 0 Å². The van der Waals surface area contributed by atoms with E-state index in [1.807, 2.05) is 11.9 Å². The van der Waals surface area contributed by atoms with E-state index in [1.54, 1.807) is 6.20 Å². The fraction of sp³-hybridized carbons (Fsp3) is 0.375. The number of nitrogens with zero attached hydrogens (tertiary/aromatic N) is 3. The molecule has 1 aliphatic rings. The first-order valence-corrected chi connectivity index (χ1v) is 13.3. The third-order valence-electron chi connectivity index (χ3n) is 5.59. The van der Waals surface area contributed by atoms with Gasteiger partial charge in [0.25, 0.3) is 10.0 Å². The molecule has 2 aromatic carbocycles. The largest absolute Gasteiger partial charge is 0.363 e. The highest BCUT2D eigenvalue weighted by atomic mass is 79.9. The van der Waals surface area contributed by atoms with Crippen molar-refractivity contribution in [3.05, 3.63) is 70.1 Å². The van der Waals surface area contributed by atoms with Crippen LogP contribution in [0.25, 0.3) is 0 Å². The summed E-state index contributed by atoms with van der Waals surface area (Å²) < 4.78 is 82.2. The van der Waals surface area contributed by atoms with Crippen LogP contribution in [0.5, 0.6) is 0 Å². The van der Waals surface area contributed by atoms with Crippen molar-refractivity contribution in [1.82, 2.24) is 4.90 Å². The maximum absolute atomic E-state index is 15.9. The Morgan fingerprint density at radius 1 is 1.25 bits per heavy atom. The van der Waals surface area contributed by atoms with E-state index >= 15 is 4.39 Å². The molecule has 196 valence electrons. The van der Waals surface area contributed by atoms with Crippen LogP contribution >= 0.6 is 15.9 Å². The van der Waals surface area contributed by atoms with Crippen LogP contribution in [0.15, 0.2) is 57.0 Å². The second-order valence-electron chi connectivity index (χ2n) is 8.02. The molecule has 0 amide bonds. The van der Waals surface area contributed by atoms with Gasteiger partial charge in [0.15, 0.2) is 5.82 Å². The number of halogens is 4. The molecule has 3 rings (SSSR count). The number of ether oxygens (including phenoxy) is 2. The van der Waals surface area contributed by atoms with Gasteiger partial charge in [-0.05, 0) is 65.5 Å². The van der Waals surface area contributed by atoms with Crippen LogP contribution in [0, 0.1) is 17.5 Å². The molecule has 0 saturated carbocycles. The normalized spacial score (nSPS) is 17.2. The van der Waals surface area contributed by atoms with E-state index in [-0.39, 0.29) is 17.5 Å². The highest BCUT2D eigenvalue weighted by molar-refractivity contribution is 9.12. The molecular weight excluding hydrogens is 563 g/mol. The fourth-order valence-corrected chi connectivity index (χ4v) is 5.97. The molecule has 0 aliphatic carbocycles. The standard InChI is InChI=1S/C24H27BrF3N3O4S/c1-29-24(18(25)14-30(2)22-9-4-5-12-35-22)17-7-6-8-20(23(17)28)31(15-34-3)36(32,33)21-13-16(26)10-11-19(21)27/h6-8,10-11,13-14,22H,4-5,9,12,15H2,1-3H3/b18-14+,29-24?. The number of allylic oxidation sites excluding steroid dienone is 1. The first-order valence-electron chi connectivity index (χ1n) is 11.1. The van der Waals surface area contributed by atoms with Gasteiger partial charge in [0.2, 0.25) is 0 Å². The number of aliphatic imine (C=N–C) groups is 1. The third kappa shape index (κ3) is 6.10. The molecule has 7 nitrogen and oxygen atoms in total. The zero-order valence-electron chi connectivity index (χ0n) is 20.0. The van der Waals surface area contributed by atoms with E-state index in [0.717, 1.165) is 25.3 Å². The highest BCUT2D eigenvalue weighted by Gasteiger charge is 2.31. The maximum Gasteiger partial charge on any atom is 0.269 e. The number of hydrogen-bond donors (Lipinski definition) is 0. The molecule has 36 heavy (non-hydrogen) atoms. The SMILES string of the molecule is CN=C(/C(Br)=C\N(C)C1CCCCO1)c1cccc(N(COC)S(=O)(=O)c2cc(F)ccc2F)c1F. The van der Waals surface area contributed by atoms with Gasteiger partial charge in [0, 0.05) is 39.6 Å². The summed E-state index contributed by atoms with van der Waals surface area (Å²) in [7, 11) is -0.228. The molecule has 1 aliphatic heterocycles. The minimum absolute atomic E-state index is 0.00731. The van der Waals surface area contributed by atoms with Crippen molar-refractivity contribution in [3.63, 3.8) is 0 Å². The average Bonchev–Trinajstić information content (AvgIpc) is 2.86. The lowest BCUT2D eigenvalue weighted by molar-refractivity contribution is -0.0559. The molecule has 0 N–H and O–H groups in total. The topological polar surface area (TPSA) is 71.4 Å². The van der Waals surface area contributed by atoms with Crippen molar-refractivity contribution >= 4 is 37.4 Å². The average molecular weight is 590 g/mol. The molecule has 1 unspecified atom stereocenters. The van der Waals surface area contributed by atoms with Crippen LogP contribution in [0.3, 0.4) is 0 Å². The molecular formula is C24H27BrF3N3O4S. The van der Waals surface area contributed by atoms with E-state index in [9.17, 15) is 17.2 Å². The van der Waals surface area contributed by atoms with Crippen LogP contribution in [-0.4, -0.2) is 59.8 Å². The summed E-state index contributed by atoms with van der Waals surface area (Å²) in [6, 6.07) is 6.10. The third-order valence-corrected chi connectivity index (χ3v) is 7.92. The lowest BCUT2D eigenvalue weighted by Gasteiger charge is -2.30. The van der Waals surface area contributed by atoms with Gasteiger partial charge in [-0.1, -0.05) is 6.07 Å². The molecule has 2 aromatic rings. The Labute approximate surface area is 217 Å². The van der Waals surface area contributed by atoms with Crippen LogP contribution in [-0.2, 0) is 19.5 Å². The monoisotopic (exact) mass is 589 g/mol. The summed E-state index contributed by atoms with van der Waals surface area (Å²) in [5, 5.41) is 0. The van der Waals surface area contributed by atoms with Crippen LogP contribution < -0.4 is 4.31 Å². The molecule has 12 heteroatoms. The Morgan fingerprint density at radius 3 is 2.64 bits per heavy atom. The Bertz CT molecular complexity index is 1250. The Morgan fingerprint density at radius 2 is 2.00 bits per heavy atom. The zero-order valence-corrected chi connectivity index (χ0v) is 22.5. The summed E-state index contributed by atoms with van der Waals surface area (Å²) >= 11 is 3.45. The van der Waals surface area contributed by atoms with E-state index in [0.29, 0.717) is 27.5 Å². The van der Waals surface area contributed by atoms with Gasteiger partial charge in [-0.3, -0.25) is 4.99 Å². The van der Waals surface area contributed by atoms with Crippen molar-refractivity contribution in [2.75, 3.05) is 38.8 Å². The van der Waals surface area contributed by atoms with Crippen molar-refractivity contribution < 1.29 is 31.1 Å². The van der Waals surface area contributed by atoms with Gasteiger partial charge in [0.1, 0.15) is 29.5 Å². The van der Waals surface area contributed by atoms with Crippen molar-refractivity contribution in [3.8, 4) is 0 Å². The Kier molecular flexibility index (Phi) is 9.56. The minimum Gasteiger partial charge on any atom is -0.363 e. The van der Waals surface area contributed by atoms with Gasteiger partial charge in [0.05, 0.1) is 15.9 Å². The minimum atomic E-state index is -4.73. The molecule has 0 radical (unpaired) electrons. The lowest BCUT2D eigenvalue weighted by Crippen LogP contribution is -2.34. The van der Waals surface area contributed by atoms with Gasteiger partial charge in [-0.25, -0.2) is 25.9 Å². The van der Waals surface area contributed by atoms with Crippen molar-refractivity contribution in [1.29, 1.82) is 0 Å². The molecule has 1 saturated heterocycles. The summed E-state index contributed by atoms with van der Waals surface area (Å²) in [4.78, 5) is 5.11. The van der Waals surface area contributed by atoms with Crippen LogP contribution in [0.1, 0.15) is 24.8 Å². The molecule has 1 atom stereocenters. The molecule has 0 spiro atoms. The fourth-order valence-electron chi connectivity index (χ4n) is 3.80. The highest BCUT2D eigenvalue weighted by Crippen LogP contribution is 2.31. The lowest BCUT2D eigenvalue weighted by atomic mass is 10.1. The second kappa shape index (κ2) is 12.2. The maximum atomic E-state index is 15.9. The quantitative estimate of drug-likeness (QED) is 0.303. The number of sulfonamides is 1. The zero-order chi connectivity index (χ0) is 26.5. The molecule has 1 fully saturated rings. The first kappa shape index (κ1) is 28.2. The summed E-state index contributed by atoms with van der Waals surface area (Å²) in [6.45, 7) is 0.0115. The number of benzene rings is 2. The predicted octanol–water partition coefficient (Wildman–Crippen LogP) is 5.02. The Balaban J connectivity index is 2.03. The van der Waals surface area contributed by atoms with E-state index in [2.05, 4.69) is 20.9 Å². The number of methoxy groups -OCH3 is 1.